The normalized spacial score (nSPS) is 22.3. The van der Waals surface area contributed by atoms with Crippen molar-refractivity contribution in [3.63, 3.8) is 0 Å². The van der Waals surface area contributed by atoms with Crippen molar-refractivity contribution < 1.29 is 13.2 Å². The van der Waals surface area contributed by atoms with E-state index in [4.69, 9.17) is 23.2 Å². The summed E-state index contributed by atoms with van der Waals surface area (Å²) in [6.07, 6.45) is 4.49. The van der Waals surface area contributed by atoms with Crippen molar-refractivity contribution in [1.82, 2.24) is 9.62 Å². The Labute approximate surface area is 205 Å². The number of carbonyl (C=O) groups excluding carboxylic acids is 1. The van der Waals surface area contributed by atoms with E-state index in [-0.39, 0.29) is 23.0 Å². The molecule has 5 nitrogen and oxygen atoms in total. The molecule has 0 bridgehead atoms. The number of nitrogens with one attached hydrogen (secondary N) is 1. The maximum atomic E-state index is 12.8. The molecule has 1 spiro atoms. The molecule has 3 aliphatic rings. The van der Waals surface area contributed by atoms with E-state index in [9.17, 15) is 13.2 Å². The van der Waals surface area contributed by atoms with Gasteiger partial charge in [0, 0.05) is 30.1 Å². The third kappa shape index (κ3) is 4.55. The van der Waals surface area contributed by atoms with E-state index < -0.39 is 10.0 Å². The maximum Gasteiger partial charge on any atom is 0.252 e. The Morgan fingerprint density at radius 3 is 2.52 bits per heavy atom. The van der Waals surface area contributed by atoms with E-state index in [2.05, 4.69) is 29.6 Å². The zero-order valence-electron chi connectivity index (χ0n) is 18.4. The minimum absolute atomic E-state index is 0.126. The number of hydrogen-bond donors (Lipinski definition) is 1. The van der Waals surface area contributed by atoms with Gasteiger partial charge in [-0.05, 0) is 73.3 Å². The van der Waals surface area contributed by atoms with Crippen molar-refractivity contribution in [2.75, 3.05) is 25.4 Å². The van der Waals surface area contributed by atoms with Gasteiger partial charge >= 0.3 is 0 Å². The molecule has 2 fully saturated rings. The Hall–Kier alpha value is -1.60. The number of hydrogen-bond acceptors (Lipinski definition) is 3. The quantitative estimate of drug-likeness (QED) is 0.618. The number of piperidine rings is 1. The molecule has 1 heterocycles. The van der Waals surface area contributed by atoms with Gasteiger partial charge in [-0.1, -0.05) is 47.5 Å². The molecule has 33 heavy (non-hydrogen) atoms. The second kappa shape index (κ2) is 8.88. The van der Waals surface area contributed by atoms with Gasteiger partial charge in [-0.2, -0.15) is 0 Å². The van der Waals surface area contributed by atoms with Crippen LogP contribution in [0.25, 0.3) is 0 Å². The van der Waals surface area contributed by atoms with Crippen LogP contribution in [-0.2, 0) is 21.9 Å². The number of carbonyl (C=O) groups is 1. The first-order valence-electron chi connectivity index (χ1n) is 11.6. The molecular weight excluding hydrogens is 479 g/mol. The van der Waals surface area contributed by atoms with Gasteiger partial charge in [0.2, 0.25) is 10.0 Å². The van der Waals surface area contributed by atoms with Crippen molar-refractivity contribution in [1.29, 1.82) is 0 Å². The van der Waals surface area contributed by atoms with Gasteiger partial charge in [-0.15, -0.1) is 0 Å². The fourth-order valence-corrected chi connectivity index (χ4v) is 8.02. The maximum absolute atomic E-state index is 12.8. The van der Waals surface area contributed by atoms with E-state index in [0.717, 1.165) is 32.1 Å². The highest BCUT2D eigenvalue weighted by Crippen LogP contribution is 2.50. The number of amides is 1. The van der Waals surface area contributed by atoms with Gasteiger partial charge in [-0.3, -0.25) is 4.79 Å². The van der Waals surface area contributed by atoms with Crippen LogP contribution in [0.5, 0.6) is 0 Å². The summed E-state index contributed by atoms with van der Waals surface area (Å²) < 4.78 is 27.4. The van der Waals surface area contributed by atoms with E-state index in [1.54, 1.807) is 22.5 Å². The molecule has 2 aromatic carbocycles. The summed E-state index contributed by atoms with van der Waals surface area (Å²) >= 11 is 12.2. The van der Waals surface area contributed by atoms with Crippen molar-refractivity contribution in [2.45, 2.75) is 37.5 Å². The average molecular weight is 507 g/mol. The second-order valence-electron chi connectivity index (χ2n) is 9.67. The van der Waals surface area contributed by atoms with Crippen LogP contribution in [0, 0.1) is 11.8 Å². The van der Waals surface area contributed by atoms with Gasteiger partial charge in [0.25, 0.3) is 5.91 Å². The molecule has 5 rings (SSSR count). The highest BCUT2D eigenvalue weighted by Gasteiger charge is 2.49. The van der Waals surface area contributed by atoms with E-state index >= 15 is 0 Å². The predicted octanol–water partition coefficient (Wildman–Crippen LogP) is 4.67. The number of nitrogens with zero attached hydrogens (tertiary/aromatic N) is 1. The van der Waals surface area contributed by atoms with Gasteiger partial charge < -0.3 is 5.32 Å². The Kier molecular flexibility index (Phi) is 6.23. The van der Waals surface area contributed by atoms with Crippen LogP contribution in [0.3, 0.4) is 0 Å². The molecule has 0 radical (unpaired) electrons. The minimum Gasteiger partial charge on any atom is -0.352 e. The molecule has 2 aromatic rings. The average Bonchev–Trinajstić information content (AvgIpc) is 3.54. The van der Waals surface area contributed by atoms with Crippen LogP contribution in [0.2, 0.25) is 10.0 Å². The Bertz CT molecular complexity index is 1170. The number of rotatable bonds is 6. The monoisotopic (exact) mass is 506 g/mol. The lowest BCUT2D eigenvalue weighted by atomic mass is 9.68. The zero-order valence-corrected chi connectivity index (χ0v) is 20.7. The standard InChI is InChI=1S/C25H28Cl2N2O3S/c26-20-7-8-21(23(27)14-20)24(30)28-15-19-13-18-3-1-2-4-22(18)25(19)9-11-29(12-10-25)33(31,32)16-17-5-6-17/h1-4,7-8,14,17,19H,5-6,9-13,15-16H2,(H,28,30). The third-order valence-corrected chi connectivity index (χ3v) is 10.2. The molecule has 1 saturated heterocycles. The second-order valence-corrected chi connectivity index (χ2v) is 12.5. The third-order valence-electron chi connectivity index (χ3n) is 7.64. The van der Waals surface area contributed by atoms with E-state index in [1.165, 1.54) is 11.1 Å². The van der Waals surface area contributed by atoms with Crippen LogP contribution >= 0.6 is 23.2 Å². The lowest BCUT2D eigenvalue weighted by molar-refractivity contribution is 0.0930. The molecule has 1 atom stereocenters. The fourth-order valence-electron chi connectivity index (χ4n) is 5.65. The van der Waals surface area contributed by atoms with E-state index in [0.29, 0.717) is 41.2 Å². The summed E-state index contributed by atoms with van der Waals surface area (Å²) in [5.74, 6) is 0.629. The Morgan fingerprint density at radius 2 is 1.82 bits per heavy atom. The molecule has 1 amide bonds. The summed E-state index contributed by atoms with van der Waals surface area (Å²) in [4.78, 5) is 12.8. The zero-order chi connectivity index (χ0) is 23.2. The highest BCUT2D eigenvalue weighted by atomic mass is 35.5. The number of sulfonamides is 1. The topological polar surface area (TPSA) is 66.5 Å². The molecular formula is C25H28Cl2N2O3S. The summed E-state index contributed by atoms with van der Waals surface area (Å²) in [6.45, 7) is 1.59. The highest BCUT2D eigenvalue weighted by molar-refractivity contribution is 7.89. The summed E-state index contributed by atoms with van der Waals surface area (Å²) in [6, 6.07) is 13.3. The van der Waals surface area contributed by atoms with Crippen LogP contribution in [0.15, 0.2) is 42.5 Å². The van der Waals surface area contributed by atoms with Gasteiger partial charge in [-0.25, -0.2) is 12.7 Å². The van der Waals surface area contributed by atoms with Gasteiger partial charge in [0.1, 0.15) is 0 Å². The van der Waals surface area contributed by atoms with E-state index in [1.807, 2.05) is 0 Å². The molecule has 1 N–H and O–H groups in total. The molecule has 1 saturated carbocycles. The first-order chi connectivity index (χ1) is 15.8. The number of benzene rings is 2. The minimum atomic E-state index is -3.19. The summed E-state index contributed by atoms with van der Waals surface area (Å²) in [5, 5.41) is 3.91. The fraction of sp³-hybridized carbons (Fsp3) is 0.480. The largest absolute Gasteiger partial charge is 0.352 e. The SMILES string of the molecule is O=C(NCC1Cc2ccccc2C12CCN(S(=O)(=O)CC1CC1)CC2)c1ccc(Cl)cc1Cl. The molecule has 0 aromatic heterocycles. The van der Waals surface area contributed by atoms with Crippen molar-refractivity contribution in [2.24, 2.45) is 11.8 Å². The smallest absolute Gasteiger partial charge is 0.252 e. The van der Waals surface area contributed by atoms with Crippen molar-refractivity contribution in [3.05, 3.63) is 69.2 Å². The van der Waals surface area contributed by atoms with Crippen LogP contribution in [-0.4, -0.2) is 44.0 Å². The lowest BCUT2D eigenvalue weighted by Gasteiger charge is -2.43. The molecule has 176 valence electrons. The Morgan fingerprint density at radius 1 is 1.09 bits per heavy atom. The molecule has 2 aliphatic carbocycles. The molecule has 1 unspecified atom stereocenters. The first-order valence-corrected chi connectivity index (χ1v) is 13.9. The summed E-state index contributed by atoms with van der Waals surface area (Å²) in [5.41, 5.74) is 2.90. The van der Waals surface area contributed by atoms with Crippen LogP contribution < -0.4 is 5.32 Å². The van der Waals surface area contributed by atoms with Gasteiger partial charge in [0.05, 0.1) is 16.3 Å². The van der Waals surface area contributed by atoms with Crippen molar-refractivity contribution in [3.8, 4) is 0 Å². The number of fused-ring (bicyclic) bond motifs is 2. The first kappa shape index (κ1) is 23.2. The van der Waals surface area contributed by atoms with Gasteiger partial charge in [0.15, 0.2) is 0 Å². The molecule has 1 aliphatic heterocycles. The summed E-state index contributed by atoms with van der Waals surface area (Å²) in [7, 11) is -3.19. The van der Waals surface area contributed by atoms with Crippen LogP contribution in [0.4, 0.5) is 0 Å². The van der Waals surface area contributed by atoms with Crippen LogP contribution in [0.1, 0.15) is 47.2 Å². The Balaban J connectivity index is 1.33. The number of halogens is 2. The molecule has 8 heteroatoms. The predicted molar refractivity (Wildman–Crippen MR) is 131 cm³/mol. The lowest BCUT2D eigenvalue weighted by Crippen LogP contribution is -2.50. The van der Waals surface area contributed by atoms with Crippen molar-refractivity contribution >= 4 is 39.1 Å².